The maximum absolute atomic E-state index is 6.17. The van der Waals surface area contributed by atoms with Crippen LogP contribution in [0.1, 0.15) is 5.56 Å². The number of ether oxygens (including phenoxy) is 2. The normalized spacial score (nSPS) is 10.7. The Hall–Kier alpha value is -0.810. The Bertz CT molecular complexity index is 353. The zero-order valence-electron chi connectivity index (χ0n) is 11.0. The Kier molecular flexibility index (Phi) is 7.05. The summed E-state index contributed by atoms with van der Waals surface area (Å²) < 4.78 is 10.3. The summed E-state index contributed by atoms with van der Waals surface area (Å²) >= 11 is 6.17. The number of halogens is 1. The monoisotopic (exact) mass is 272 g/mol. The molecule has 0 amide bonds. The smallest absolute Gasteiger partial charge is 0.0637 e. The molecule has 1 aromatic carbocycles. The molecule has 0 saturated carbocycles. The number of hydrogen-bond donors (Lipinski definition) is 1. The third-order valence-corrected chi connectivity index (χ3v) is 3.12. The fraction of sp³-hybridized carbons (Fsp3) is 0.538. The molecule has 0 saturated heterocycles. The Morgan fingerprint density at radius 2 is 1.78 bits per heavy atom. The third kappa shape index (κ3) is 4.14. The summed E-state index contributed by atoms with van der Waals surface area (Å²) in [5, 5.41) is 0.704. The molecule has 0 heterocycles. The molecule has 2 N–H and O–H groups in total. The lowest BCUT2D eigenvalue weighted by molar-refractivity contribution is 0.190. The lowest BCUT2D eigenvalue weighted by Crippen LogP contribution is -2.31. The summed E-state index contributed by atoms with van der Waals surface area (Å²) in [5.74, 6) is 0. The number of anilines is 1. The molecule has 0 aliphatic carbocycles. The predicted molar refractivity (Wildman–Crippen MR) is 75.3 cm³/mol. The van der Waals surface area contributed by atoms with Crippen LogP contribution in [-0.2, 0) is 16.0 Å². The van der Waals surface area contributed by atoms with Crippen molar-refractivity contribution in [1.82, 2.24) is 0 Å². The molecular formula is C13H21ClN2O2. The van der Waals surface area contributed by atoms with Gasteiger partial charge in [-0.25, -0.2) is 0 Å². The Morgan fingerprint density at radius 3 is 2.28 bits per heavy atom. The molecule has 0 spiro atoms. The van der Waals surface area contributed by atoms with Crippen LogP contribution in [0, 0.1) is 0 Å². The lowest BCUT2D eigenvalue weighted by Gasteiger charge is -2.27. The van der Waals surface area contributed by atoms with Gasteiger partial charge in [0.25, 0.3) is 0 Å². The molecule has 0 fully saturated rings. The first-order valence-electron chi connectivity index (χ1n) is 5.94. The Balaban J connectivity index is 2.91. The van der Waals surface area contributed by atoms with Gasteiger partial charge in [0.2, 0.25) is 0 Å². The largest absolute Gasteiger partial charge is 0.383 e. The molecule has 4 nitrogen and oxygen atoms in total. The van der Waals surface area contributed by atoms with Crippen molar-refractivity contribution in [3.05, 3.63) is 28.8 Å². The molecule has 5 heteroatoms. The SMILES string of the molecule is COCCN(CCOC)c1cccc(Cl)c1CN. The molecule has 0 atom stereocenters. The highest BCUT2D eigenvalue weighted by atomic mass is 35.5. The number of nitrogens with zero attached hydrogens (tertiary/aromatic N) is 1. The number of benzene rings is 1. The second-order valence-electron chi connectivity index (χ2n) is 3.91. The third-order valence-electron chi connectivity index (χ3n) is 2.77. The van der Waals surface area contributed by atoms with E-state index in [1.165, 1.54) is 0 Å². The van der Waals surface area contributed by atoms with Gasteiger partial charge in [-0.05, 0) is 12.1 Å². The molecule has 0 radical (unpaired) electrons. The van der Waals surface area contributed by atoms with Crippen LogP contribution < -0.4 is 10.6 Å². The van der Waals surface area contributed by atoms with Crippen LogP contribution in [0.3, 0.4) is 0 Å². The van der Waals surface area contributed by atoms with Gasteiger partial charge in [0, 0.05) is 50.1 Å². The van der Waals surface area contributed by atoms with E-state index in [9.17, 15) is 0 Å². The van der Waals surface area contributed by atoms with Crippen LogP contribution in [0.5, 0.6) is 0 Å². The Morgan fingerprint density at radius 1 is 1.17 bits per heavy atom. The zero-order valence-corrected chi connectivity index (χ0v) is 11.7. The average molecular weight is 273 g/mol. The summed E-state index contributed by atoms with van der Waals surface area (Å²) in [6, 6.07) is 5.82. The van der Waals surface area contributed by atoms with Gasteiger partial charge >= 0.3 is 0 Å². The quantitative estimate of drug-likeness (QED) is 0.785. The van der Waals surface area contributed by atoms with E-state index in [0.717, 1.165) is 24.3 Å². The maximum Gasteiger partial charge on any atom is 0.0637 e. The van der Waals surface area contributed by atoms with E-state index in [1.807, 2.05) is 18.2 Å². The molecule has 0 unspecified atom stereocenters. The summed E-state index contributed by atoms with van der Waals surface area (Å²) in [6.07, 6.45) is 0. The van der Waals surface area contributed by atoms with E-state index in [1.54, 1.807) is 14.2 Å². The molecule has 1 rings (SSSR count). The number of rotatable bonds is 8. The van der Waals surface area contributed by atoms with Crippen molar-refractivity contribution >= 4 is 17.3 Å². The number of methoxy groups -OCH3 is 2. The second kappa shape index (κ2) is 8.32. The average Bonchev–Trinajstić information content (AvgIpc) is 2.39. The van der Waals surface area contributed by atoms with Gasteiger partial charge in [-0.3, -0.25) is 0 Å². The van der Waals surface area contributed by atoms with Gasteiger partial charge in [-0.15, -0.1) is 0 Å². The minimum Gasteiger partial charge on any atom is -0.383 e. The molecule has 0 aliphatic rings. The summed E-state index contributed by atoms with van der Waals surface area (Å²) in [6.45, 7) is 3.30. The van der Waals surface area contributed by atoms with Crippen LogP contribution in [0.2, 0.25) is 5.02 Å². The minimum absolute atomic E-state index is 0.422. The summed E-state index contributed by atoms with van der Waals surface area (Å²) in [5.41, 5.74) is 7.79. The summed E-state index contributed by atoms with van der Waals surface area (Å²) in [7, 11) is 3.38. The van der Waals surface area contributed by atoms with Gasteiger partial charge in [0.1, 0.15) is 0 Å². The van der Waals surface area contributed by atoms with Gasteiger partial charge in [0.15, 0.2) is 0 Å². The van der Waals surface area contributed by atoms with E-state index in [-0.39, 0.29) is 0 Å². The fourth-order valence-electron chi connectivity index (χ4n) is 1.80. The highest BCUT2D eigenvalue weighted by Gasteiger charge is 2.12. The minimum atomic E-state index is 0.422. The van der Waals surface area contributed by atoms with Gasteiger partial charge in [-0.2, -0.15) is 0 Å². The first kappa shape index (κ1) is 15.2. The van der Waals surface area contributed by atoms with Crippen molar-refractivity contribution in [3.63, 3.8) is 0 Å². The maximum atomic E-state index is 6.17. The molecule has 0 aromatic heterocycles. The molecule has 0 aliphatic heterocycles. The molecule has 0 bridgehead atoms. The van der Waals surface area contributed by atoms with E-state index < -0.39 is 0 Å². The standard InChI is InChI=1S/C13H21ClN2O2/c1-17-8-6-16(7-9-18-2)13-5-3-4-12(14)11(13)10-15/h3-5H,6-10,15H2,1-2H3. The van der Waals surface area contributed by atoms with Crippen molar-refractivity contribution in [2.75, 3.05) is 45.4 Å². The van der Waals surface area contributed by atoms with Crippen molar-refractivity contribution < 1.29 is 9.47 Å². The predicted octanol–water partition coefficient (Wildman–Crippen LogP) is 1.90. The first-order valence-corrected chi connectivity index (χ1v) is 6.32. The van der Waals surface area contributed by atoms with E-state index >= 15 is 0 Å². The highest BCUT2D eigenvalue weighted by molar-refractivity contribution is 6.31. The zero-order chi connectivity index (χ0) is 13.4. The molecule has 102 valence electrons. The second-order valence-corrected chi connectivity index (χ2v) is 4.32. The van der Waals surface area contributed by atoms with Crippen LogP contribution in [-0.4, -0.2) is 40.5 Å². The lowest BCUT2D eigenvalue weighted by atomic mass is 10.1. The van der Waals surface area contributed by atoms with Crippen molar-refractivity contribution in [2.45, 2.75) is 6.54 Å². The number of hydrogen-bond acceptors (Lipinski definition) is 4. The number of nitrogens with two attached hydrogens (primary N) is 1. The highest BCUT2D eigenvalue weighted by Crippen LogP contribution is 2.27. The van der Waals surface area contributed by atoms with E-state index in [0.29, 0.717) is 24.8 Å². The van der Waals surface area contributed by atoms with Gasteiger partial charge < -0.3 is 20.1 Å². The van der Waals surface area contributed by atoms with Crippen LogP contribution >= 0.6 is 11.6 Å². The molecular weight excluding hydrogens is 252 g/mol. The van der Waals surface area contributed by atoms with Gasteiger partial charge in [0.05, 0.1) is 13.2 Å². The van der Waals surface area contributed by atoms with Crippen molar-refractivity contribution in [1.29, 1.82) is 0 Å². The fourth-order valence-corrected chi connectivity index (χ4v) is 2.05. The van der Waals surface area contributed by atoms with E-state index in [2.05, 4.69) is 4.90 Å². The van der Waals surface area contributed by atoms with Crippen LogP contribution in [0.25, 0.3) is 0 Å². The Labute approximate surface area is 114 Å². The first-order chi connectivity index (χ1) is 8.74. The van der Waals surface area contributed by atoms with Crippen LogP contribution in [0.15, 0.2) is 18.2 Å². The molecule has 18 heavy (non-hydrogen) atoms. The van der Waals surface area contributed by atoms with Gasteiger partial charge in [-0.1, -0.05) is 17.7 Å². The molecule has 1 aromatic rings. The van der Waals surface area contributed by atoms with E-state index in [4.69, 9.17) is 26.8 Å². The summed E-state index contributed by atoms with van der Waals surface area (Å²) in [4.78, 5) is 2.18. The topological polar surface area (TPSA) is 47.7 Å². The van der Waals surface area contributed by atoms with Crippen molar-refractivity contribution in [3.8, 4) is 0 Å². The van der Waals surface area contributed by atoms with Crippen LogP contribution in [0.4, 0.5) is 5.69 Å². The van der Waals surface area contributed by atoms with Crippen molar-refractivity contribution in [2.24, 2.45) is 5.73 Å².